The van der Waals surface area contributed by atoms with Crippen LogP contribution in [-0.4, -0.2) is 9.55 Å². The largest absolute Gasteiger partial charge is 0.433 e. The standard InChI is InChI=1S/C13H10BrClN2O2/c14-8-1-4-10(15)11(7-8)19-12-13(18)17(6-5-16-12)9-2-3-9/h1,4-7,9H,2-3H2. The molecule has 19 heavy (non-hydrogen) atoms. The van der Waals surface area contributed by atoms with Crippen molar-refractivity contribution in [2.75, 3.05) is 0 Å². The third-order valence-corrected chi connectivity index (χ3v) is 3.68. The van der Waals surface area contributed by atoms with Gasteiger partial charge in [0.05, 0.1) is 5.02 Å². The molecular formula is C13H10BrClN2O2. The van der Waals surface area contributed by atoms with Crippen molar-refractivity contribution in [2.24, 2.45) is 0 Å². The first-order chi connectivity index (χ1) is 9.15. The minimum atomic E-state index is -0.221. The number of aromatic nitrogens is 2. The third kappa shape index (κ3) is 2.67. The van der Waals surface area contributed by atoms with E-state index in [1.807, 2.05) is 0 Å². The number of benzene rings is 1. The Labute approximate surface area is 123 Å². The summed E-state index contributed by atoms with van der Waals surface area (Å²) in [6.45, 7) is 0. The number of nitrogens with zero attached hydrogens (tertiary/aromatic N) is 2. The van der Waals surface area contributed by atoms with Crippen LogP contribution in [0.4, 0.5) is 0 Å². The van der Waals surface area contributed by atoms with Crippen LogP contribution in [-0.2, 0) is 0 Å². The molecule has 1 aromatic carbocycles. The van der Waals surface area contributed by atoms with E-state index in [9.17, 15) is 4.79 Å². The first kappa shape index (κ1) is 12.7. The van der Waals surface area contributed by atoms with Gasteiger partial charge in [-0.05, 0) is 31.0 Å². The van der Waals surface area contributed by atoms with Gasteiger partial charge in [-0.2, -0.15) is 0 Å². The lowest BCUT2D eigenvalue weighted by atomic mass is 10.3. The molecule has 2 aromatic rings. The van der Waals surface area contributed by atoms with Crippen LogP contribution in [0.5, 0.6) is 11.6 Å². The average molecular weight is 342 g/mol. The Morgan fingerprint density at radius 1 is 1.42 bits per heavy atom. The molecule has 0 aliphatic heterocycles. The maximum Gasteiger partial charge on any atom is 0.313 e. The molecule has 1 heterocycles. The topological polar surface area (TPSA) is 44.1 Å². The zero-order chi connectivity index (χ0) is 13.4. The van der Waals surface area contributed by atoms with Crippen molar-refractivity contribution in [2.45, 2.75) is 18.9 Å². The van der Waals surface area contributed by atoms with Gasteiger partial charge in [-0.25, -0.2) is 4.98 Å². The van der Waals surface area contributed by atoms with E-state index in [1.54, 1.807) is 35.2 Å². The van der Waals surface area contributed by atoms with Crippen LogP contribution >= 0.6 is 27.5 Å². The van der Waals surface area contributed by atoms with E-state index < -0.39 is 0 Å². The van der Waals surface area contributed by atoms with Crippen LogP contribution in [0.3, 0.4) is 0 Å². The zero-order valence-electron chi connectivity index (χ0n) is 9.85. The fraction of sp³-hybridized carbons (Fsp3) is 0.231. The van der Waals surface area contributed by atoms with Crippen molar-refractivity contribution >= 4 is 27.5 Å². The predicted molar refractivity (Wildman–Crippen MR) is 76.0 cm³/mol. The van der Waals surface area contributed by atoms with Gasteiger partial charge in [0.25, 0.3) is 5.88 Å². The van der Waals surface area contributed by atoms with Gasteiger partial charge in [-0.1, -0.05) is 27.5 Å². The zero-order valence-corrected chi connectivity index (χ0v) is 12.2. The summed E-state index contributed by atoms with van der Waals surface area (Å²) in [5.41, 5.74) is -0.221. The van der Waals surface area contributed by atoms with E-state index in [-0.39, 0.29) is 17.5 Å². The quantitative estimate of drug-likeness (QED) is 0.853. The molecule has 98 valence electrons. The lowest BCUT2D eigenvalue weighted by Gasteiger charge is -2.08. The Bertz CT molecular complexity index is 683. The van der Waals surface area contributed by atoms with Gasteiger partial charge < -0.3 is 9.30 Å². The summed E-state index contributed by atoms with van der Waals surface area (Å²) in [5.74, 6) is 0.462. The molecule has 0 unspecified atom stereocenters. The van der Waals surface area contributed by atoms with Crippen molar-refractivity contribution in [3.63, 3.8) is 0 Å². The van der Waals surface area contributed by atoms with Gasteiger partial charge in [0.15, 0.2) is 0 Å². The molecule has 1 aliphatic rings. The van der Waals surface area contributed by atoms with Crippen LogP contribution in [0.25, 0.3) is 0 Å². The van der Waals surface area contributed by atoms with Gasteiger partial charge >= 0.3 is 5.56 Å². The van der Waals surface area contributed by atoms with Crippen molar-refractivity contribution in [1.29, 1.82) is 0 Å². The molecule has 0 bridgehead atoms. The first-order valence-corrected chi connectivity index (χ1v) is 7.02. The normalized spacial score (nSPS) is 14.4. The highest BCUT2D eigenvalue weighted by Gasteiger charge is 2.25. The lowest BCUT2D eigenvalue weighted by Crippen LogP contribution is -2.20. The van der Waals surface area contributed by atoms with Crippen LogP contribution in [0.1, 0.15) is 18.9 Å². The van der Waals surface area contributed by atoms with Gasteiger partial charge in [-0.3, -0.25) is 4.79 Å². The molecule has 6 heteroatoms. The van der Waals surface area contributed by atoms with E-state index in [1.165, 1.54) is 0 Å². The maximum absolute atomic E-state index is 12.2. The molecule has 0 amide bonds. The number of rotatable bonds is 3. The third-order valence-electron chi connectivity index (χ3n) is 2.88. The molecule has 0 N–H and O–H groups in total. The Balaban J connectivity index is 1.97. The second kappa shape index (κ2) is 4.98. The number of hydrogen-bond acceptors (Lipinski definition) is 3. The summed E-state index contributed by atoms with van der Waals surface area (Å²) in [6.07, 6.45) is 5.32. The van der Waals surface area contributed by atoms with Crippen LogP contribution in [0.15, 0.2) is 39.9 Å². The predicted octanol–water partition coefficient (Wildman–Crippen LogP) is 3.79. The van der Waals surface area contributed by atoms with E-state index in [4.69, 9.17) is 16.3 Å². The Hall–Kier alpha value is -1.33. The van der Waals surface area contributed by atoms with Crippen molar-refractivity contribution < 1.29 is 4.74 Å². The number of halogens is 2. The highest BCUT2D eigenvalue weighted by atomic mass is 79.9. The molecule has 3 rings (SSSR count). The van der Waals surface area contributed by atoms with Crippen molar-refractivity contribution in [1.82, 2.24) is 9.55 Å². The molecule has 1 saturated carbocycles. The summed E-state index contributed by atoms with van der Waals surface area (Å²) in [7, 11) is 0. The monoisotopic (exact) mass is 340 g/mol. The molecule has 0 radical (unpaired) electrons. The van der Waals surface area contributed by atoms with Gasteiger partial charge in [0.1, 0.15) is 5.75 Å². The molecule has 4 nitrogen and oxygen atoms in total. The SMILES string of the molecule is O=c1c(Oc2cc(Br)ccc2Cl)nccn1C1CC1. The minimum absolute atomic E-state index is 0.0504. The maximum atomic E-state index is 12.2. The molecular weight excluding hydrogens is 332 g/mol. The summed E-state index contributed by atoms with van der Waals surface area (Å²) in [4.78, 5) is 16.2. The number of ether oxygens (including phenoxy) is 1. The second-order valence-electron chi connectivity index (χ2n) is 4.35. The average Bonchev–Trinajstić information content (AvgIpc) is 3.20. The van der Waals surface area contributed by atoms with E-state index >= 15 is 0 Å². The van der Waals surface area contributed by atoms with Gasteiger partial charge in [-0.15, -0.1) is 0 Å². The molecule has 0 spiro atoms. The molecule has 0 saturated heterocycles. The van der Waals surface area contributed by atoms with Gasteiger partial charge in [0, 0.05) is 22.9 Å². The minimum Gasteiger partial charge on any atom is -0.433 e. The second-order valence-corrected chi connectivity index (χ2v) is 5.68. The lowest BCUT2D eigenvalue weighted by molar-refractivity contribution is 0.444. The van der Waals surface area contributed by atoms with Gasteiger partial charge in [0.2, 0.25) is 0 Å². The highest BCUT2D eigenvalue weighted by molar-refractivity contribution is 9.10. The highest BCUT2D eigenvalue weighted by Crippen LogP contribution is 2.34. The number of hydrogen-bond donors (Lipinski definition) is 0. The van der Waals surface area contributed by atoms with Crippen LogP contribution < -0.4 is 10.3 Å². The van der Waals surface area contributed by atoms with Crippen LogP contribution in [0, 0.1) is 0 Å². The van der Waals surface area contributed by atoms with Crippen molar-refractivity contribution in [3.8, 4) is 11.6 Å². The van der Waals surface area contributed by atoms with Crippen LogP contribution in [0.2, 0.25) is 5.02 Å². The fourth-order valence-corrected chi connectivity index (χ4v) is 2.27. The van der Waals surface area contributed by atoms with E-state index in [0.29, 0.717) is 10.8 Å². The van der Waals surface area contributed by atoms with E-state index in [0.717, 1.165) is 17.3 Å². The Morgan fingerprint density at radius 2 is 2.21 bits per heavy atom. The summed E-state index contributed by atoms with van der Waals surface area (Å²) in [5, 5.41) is 0.436. The smallest absolute Gasteiger partial charge is 0.313 e. The Morgan fingerprint density at radius 3 is 2.95 bits per heavy atom. The summed E-state index contributed by atoms with van der Waals surface area (Å²) >= 11 is 9.36. The molecule has 1 aliphatic carbocycles. The van der Waals surface area contributed by atoms with E-state index in [2.05, 4.69) is 20.9 Å². The molecule has 1 aromatic heterocycles. The summed E-state index contributed by atoms with van der Waals surface area (Å²) < 4.78 is 8.02. The first-order valence-electron chi connectivity index (χ1n) is 5.85. The van der Waals surface area contributed by atoms with Crippen molar-refractivity contribution in [3.05, 3.63) is 50.4 Å². The fourth-order valence-electron chi connectivity index (χ4n) is 1.78. The molecule has 0 atom stereocenters. The summed E-state index contributed by atoms with van der Waals surface area (Å²) in [6, 6.07) is 5.49. The molecule has 1 fully saturated rings. The Kier molecular flexibility index (Phi) is 3.33.